The molecule has 0 unspecified atom stereocenters. The van der Waals surface area contributed by atoms with Crippen molar-refractivity contribution in [3.63, 3.8) is 0 Å². The van der Waals surface area contributed by atoms with Crippen LogP contribution >= 0.6 is 0 Å². The van der Waals surface area contributed by atoms with Crippen LogP contribution in [-0.2, 0) is 0 Å². The first-order valence-electron chi connectivity index (χ1n) is 11.3. The summed E-state index contributed by atoms with van der Waals surface area (Å²) in [6.07, 6.45) is 5.61. The van der Waals surface area contributed by atoms with Gasteiger partial charge in [0, 0.05) is 44.3 Å². The fourth-order valence-corrected chi connectivity index (χ4v) is 5.20. The summed E-state index contributed by atoms with van der Waals surface area (Å²) in [5.74, 6) is 1.86. The number of rotatable bonds is 7. The summed E-state index contributed by atoms with van der Waals surface area (Å²) in [7, 11) is 2.37. The van der Waals surface area contributed by atoms with Crippen LogP contribution in [0.2, 0.25) is 0 Å². The van der Waals surface area contributed by atoms with Gasteiger partial charge in [-0.2, -0.15) is 0 Å². The van der Waals surface area contributed by atoms with Crippen LogP contribution in [0, 0.1) is 11.8 Å². The molecule has 3 aliphatic heterocycles. The van der Waals surface area contributed by atoms with E-state index in [0.29, 0.717) is 0 Å². The summed E-state index contributed by atoms with van der Waals surface area (Å²) in [4.78, 5) is 10.7. The Morgan fingerprint density at radius 1 is 0.769 bits per heavy atom. The van der Waals surface area contributed by atoms with Crippen molar-refractivity contribution < 1.29 is 0 Å². The van der Waals surface area contributed by atoms with Crippen LogP contribution in [0.15, 0.2) is 0 Å². The minimum absolute atomic E-state index is 0.723. The van der Waals surface area contributed by atoms with Gasteiger partial charge in [0.25, 0.3) is 0 Å². The molecule has 0 aliphatic carbocycles. The number of piperidine rings is 2. The number of hydrogen-bond acceptors (Lipinski definition) is 4. The second kappa shape index (κ2) is 9.36. The highest BCUT2D eigenvalue weighted by atomic mass is 15.3. The van der Waals surface area contributed by atoms with Gasteiger partial charge in [0.2, 0.25) is 0 Å². The van der Waals surface area contributed by atoms with Gasteiger partial charge in [-0.15, -0.1) is 0 Å². The predicted octanol–water partition coefficient (Wildman–Crippen LogP) is 2.84. The van der Waals surface area contributed by atoms with Crippen LogP contribution in [0.1, 0.15) is 53.4 Å². The van der Waals surface area contributed by atoms with Crippen LogP contribution in [0.5, 0.6) is 0 Å². The Balaban J connectivity index is 1.29. The standard InChI is InChI=1S/C22H44N4/c1-18(2)25-10-6-20(7-11-25)14-23(5)22-16-24(17-22)15-21-8-12-26(13-9-21)19(3)4/h18-22H,6-17H2,1-5H3. The summed E-state index contributed by atoms with van der Waals surface area (Å²) in [5.41, 5.74) is 0. The zero-order valence-electron chi connectivity index (χ0n) is 18.2. The summed E-state index contributed by atoms with van der Waals surface area (Å²) < 4.78 is 0. The fourth-order valence-electron chi connectivity index (χ4n) is 5.20. The highest BCUT2D eigenvalue weighted by Crippen LogP contribution is 2.25. The molecular formula is C22H44N4. The third-order valence-corrected chi connectivity index (χ3v) is 7.38. The molecular weight excluding hydrogens is 320 g/mol. The van der Waals surface area contributed by atoms with Crippen molar-refractivity contribution >= 4 is 0 Å². The maximum Gasteiger partial charge on any atom is 0.0347 e. The Morgan fingerprint density at radius 2 is 1.23 bits per heavy atom. The van der Waals surface area contributed by atoms with Gasteiger partial charge in [0.15, 0.2) is 0 Å². The second-order valence-electron chi connectivity index (χ2n) is 9.96. The van der Waals surface area contributed by atoms with Crippen LogP contribution < -0.4 is 0 Å². The number of likely N-dealkylation sites (tertiary alicyclic amines) is 3. The van der Waals surface area contributed by atoms with Gasteiger partial charge in [0.1, 0.15) is 0 Å². The molecule has 0 aromatic carbocycles. The van der Waals surface area contributed by atoms with Crippen molar-refractivity contribution in [3.05, 3.63) is 0 Å². The molecule has 3 heterocycles. The first kappa shape index (κ1) is 20.6. The molecule has 0 aromatic rings. The topological polar surface area (TPSA) is 13.0 Å². The van der Waals surface area contributed by atoms with Gasteiger partial charge < -0.3 is 14.7 Å². The molecule has 0 atom stereocenters. The van der Waals surface area contributed by atoms with E-state index in [1.54, 1.807) is 0 Å². The third kappa shape index (κ3) is 5.43. The molecule has 3 aliphatic rings. The lowest BCUT2D eigenvalue weighted by Gasteiger charge is -2.47. The molecule has 0 bridgehead atoms. The van der Waals surface area contributed by atoms with E-state index in [1.165, 1.54) is 78.0 Å². The zero-order valence-corrected chi connectivity index (χ0v) is 18.2. The Bertz CT molecular complexity index is 402. The lowest BCUT2D eigenvalue weighted by Crippen LogP contribution is -2.60. The van der Waals surface area contributed by atoms with Gasteiger partial charge in [-0.3, -0.25) is 4.90 Å². The largest absolute Gasteiger partial charge is 0.301 e. The van der Waals surface area contributed by atoms with Crippen molar-refractivity contribution in [1.29, 1.82) is 0 Å². The van der Waals surface area contributed by atoms with Crippen molar-refractivity contribution in [2.45, 2.75) is 71.5 Å². The maximum atomic E-state index is 2.72. The molecule has 3 fully saturated rings. The van der Waals surface area contributed by atoms with E-state index >= 15 is 0 Å². The zero-order chi connectivity index (χ0) is 18.7. The van der Waals surface area contributed by atoms with E-state index in [9.17, 15) is 0 Å². The summed E-state index contributed by atoms with van der Waals surface area (Å²) in [5, 5.41) is 0. The van der Waals surface area contributed by atoms with Gasteiger partial charge in [0.05, 0.1) is 0 Å². The first-order chi connectivity index (χ1) is 12.4. The lowest BCUT2D eigenvalue weighted by molar-refractivity contribution is 0.0139. The Morgan fingerprint density at radius 3 is 1.69 bits per heavy atom. The fraction of sp³-hybridized carbons (Fsp3) is 1.00. The average Bonchev–Trinajstić information content (AvgIpc) is 2.58. The van der Waals surface area contributed by atoms with E-state index in [2.05, 4.69) is 54.3 Å². The SMILES string of the molecule is CC(C)N1CCC(CN2CC(N(C)CC3CCN(C(C)C)CC3)C2)CC1. The van der Waals surface area contributed by atoms with Gasteiger partial charge in [-0.1, -0.05) is 0 Å². The molecule has 4 nitrogen and oxygen atoms in total. The summed E-state index contributed by atoms with van der Waals surface area (Å²) in [6, 6.07) is 2.26. The van der Waals surface area contributed by atoms with E-state index in [4.69, 9.17) is 0 Å². The van der Waals surface area contributed by atoms with Crippen LogP contribution in [0.25, 0.3) is 0 Å². The molecule has 4 heteroatoms. The molecule has 3 rings (SSSR count). The van der Waals surface area contributed by atoms with Crippen molar-refractivity contribution in [1.82, 2.24) is 19.6 Å². The smallest absolute Gasteiger partial charge is 0.0347 e. The van der Waals surface area contributed by atoms with E-state index in [-0.39, 0.29) is 0 Å². The van der Waals surface area contributed by atoms with Crippen LogP contribution in [0.4, 0.5) is 0 Å². The average molecular weight is 365 g/mol. The van der Waals surface area contributed by atoms with Gasteiger partial charge in [-0.05, 0) is 98.4 Å². The molecule has 0 N–H and O–H groups in total. The Labute approximate surface area is 162 Å². The molecule has 0 saturated carbocycles. The number of nitrogens with zero attached hydrogens (tertiary/aromatic N) is 4. The van der Waals surface area contributed by atoms with Gasteiger partial charge in [-0.25, -0.2) is 0 Å². The Kier molecular flexibility index (Phi) is 7.40. The summed E-state index contributed by atoms with van der Waals surface area (Å²) >= 11 is 0. The van der Waals surface area contributed by atoms with Gasteiger partial charge >= 0.3 is 0 Å². The third-order valence-electron chi connectivity index (χ3n) is 7.38. The molecule has 152 valence electrons. The highest BCUT2D eigenvalue weighted by Gasteiger charge is 2.33. The van der Waals surface area contributed by atoms with Crippen molar-refractivity contribution in [2.24, 2.45) is 11.8 Å². The minimum Gasteiger partial charge on any atom is -0.301 e. The normalized spacial score (nSPS) is 26.3. The second-order valence-corrected chi connectivity index (χ2v) is 9.96. The lowest BCUT2D eigenvalue weighted by atomic mass is 9.92. The number of likely N-dealkylation sites (N-methyl/N-ethyl adjacent to an activating group) is 1. The quantitative estimate of drug-likeness (QED) is 0.689. The first-order valence-corrected chi connectivity index (χ1v) is 11.3. The van der Waals surface area contributed by atoms with E-state index in [1.807, 2.05) is 0 Å². The maximum absolute atomic E-state index is 2.72. The molecule has 0 aromatic heterocycles. The molecule has 0 radical (unpaired) electrons. The van der Waals surface area contributed by atoms with Crippen molar-refractivity contribution in [2.75, 3.05) is 59.4 Å². The Hall–Kier alpha value is -0.160. The predicted molar refractivity (Wildman–Crippen MR) is 112 cm³/mol. The van der Waals surface area contributed by atoms with E-state index < -0.39 is 0 Å². The minimum atomic E-state index is 0.723. The van der Waals surface area contributed by atoms with E-state index in [0.717, 1.165) is 30.0 Å². The monoisotopic (exact) mass is 364 g/mol. The summed E-state index contributed by atoms with van der Waals surface area (Å²) in [6.45, 7) is 19.9. The van der Waals surface area contributed by atoms with Crippen LogP contribution in [0.3, 0.4) is 0 Å². The molecule has 0 spiro atoms. The molecule has 0 amide bonds. The highest BCUT2D eigenvalue weighted by molar-refractivity contribution is 4.90. The molecule has 3 saturated heterocycles. The number of hydrogen-bond donors (Lipinski definition) is 0. The van der Waals surface area contributed by atoms with Crippen LogP contribution in [-0.4, -0.2) is 97.1 Å². The molecule has 26 heavy (non-hydrogen) atoms. The van der Waals surface area contributed by atoms with Crippen molar-refractivity contribution in [3.8, 4) is 0 Å².